The molecular formula is C22H23FN6O3. The van der Waals surface area contributed by atoms with Gasteiger partial charge in [-0.1, -0.05) is 13.8 Å². The fourth-order valence-corrected chi connectivity index (χ4v) is 3.24. The summed E-state index contributed by atoms with van der Waals surface area (Å²) >= 11 is 0. The van der Waals surface area contributed by atoms with Gasteiger partial charge in [0.1, 0.15) is 30.3 Å². The minimum Gasteiger partial charge on any atom is -0.456 e. The van der Waals surface area contributed by atoms with Gasteiger partial charge in [-0.05, 0) is 49.2 Å². The van der Waals surface area contributed by atoms with Gasteiger partial charge < -0.3 is 14.8 Å². The maximum Gasteiger partial charge on any atom is 0.417 e. The quantitative estimate of drug-likeness (QED) is 0.581. The van der Waals surface area contributed by atoms with Crippen molar-refractivity contribution in [1.82, 2.24) is 19.9 Å². The van der Waals surface area contributed by atoms with Gasteiger partial charge in [-0.25, -0.2) is 24.1 Å². The second-order valence-electron chi connectivity index (χ2n) is 7.71. The number of carbonyl (C=O) groups excluding carboxylic acids is 1. The Labute approximate surface area is 184 Å². The number of hydrogen-bond acceptors (Lipinski definition) is 8. The molecule has 0 radical (unpaired) electrons. The molecule has 1 aliphatic rings. The number of benzene rings is 1. The van der Waals surface area contributed by atoms with Crippen LogP contribution in [0.25, 0.3) is 0 Å². The second kappa shape index (κ2) is 9.13. The van der Waals surface area contributed by atoms with Crippen LogP contribution in [0.4, 0.5) is 21.1 Å². The highest BCUT2D eigenvalue weighted by Gasteiger charge is 2.38. The SMILES string of the molecule is CC(C)C1COC(=O)N1c1ncnc(N[C@@H](C)c2ccc(Oc3ccc(F)cc3)cn2)n1. The number of rotatable bonds is 7. The Morgan fingerprint density at radius 1 is 1.09 bits per heavy atom. The maximum absolute atomic E-state index is 13.0. The lowest BCUT2D eigenvalue weighted by atomic mass is 10.1. The minimum atomic E-state index is -0.465. The number of pyridine rings is 1. The number of carbonyl (C=O) groups is 1. The van der Waals surface area contributed by atoms with Crippen molar-refractivity contribution < 1.29 is 18.7 Å². The summed E-state index contributed by atoms with van der Waals surface area (Å²) in [5.41, 5.74) is 0.735. The molecule has 166 valence electrons. The standard InChI is InChI=1S/C22H23FN6O3/c1-13(2)19-11-31-22(30)29(19)21-26-12-25-20(28-21)27-14(3)18-9-8-17(10-24-18)32-16-6-4-15(23)5-7-16/h4-10,12-14,19H,11H2,1-3H3,(H,25,26,27,28)/t14-,19?/m0/s1. The van der Waals surface area contributed by atoms with Crippen molar-refractivity contribution in [2.24, 2.45) is 5.92 Å². The molecule has 2 aromatic heterocycles. The Morgan fingerprint density at radius 3 is 2.53 bits per heavy atom. The first-order valence-corrected chi connectivity index (χ1v) is 10.2. The van der Waals surface area contributed by atoms with Gasteiger partial charge in [0.25, 0.3) is 0 Å². The molecule has 1 amide bonds. The Kier molecular flexibility index (Phi) is 6.11. The van der Waals surface area contributed by atoms with Gasteiger partial charge in [-0.3, -0.25) is 4.98 Å². The average Bonchev–Trinajstić information content (AvgIpc) is 3.18. The summed E-state index contributed by atoms with van der Waals surface area (Å²) in [5.74, 6) is 1.47. The summed E-state index contributed by atoms with van der Waals surface area (Å²) in [4.78, 5) is 30.7. The van der Waals surface area contributed by atoms with Gasteiger partial charge in [0.15, 0.2) is 0 Å². The van der Waals surface area contributed by atoms with Crippen LogP contribution in [-0.2, 0) is 4.74 Å². The van der Waals surface area contributed by atoms with E-state index in [1.54, 1.807) is 24.4 Å². The molecule has 1 fully saturated rings. The van der Waals surface area contributed by atoms with E-state index in [0.29, 0.717) is 24.1 Å². The molecule has 32 heavy (non-hydrogen) atoms. The number of ether oxygens (including phenoxy) is 2. The molecule has 9 nitrogen and oxygen atoms in total. The number of aromatic nitrogens is 4. The molecular weight excluding hydrogens is 415 g/mol. The van der Waals surface area contributed by atoms with E-state index in [-0.39, 0.29) is 29.8 Å². The fraction of sp³-hybridized carbons (Fsp3) is 0.318. The van der Waals surface area contributed by atoms with Crippen LogP contribution in [0.2, 0.25) is 0 Å². The first-order valence-electron chi connectivity index (χ1n) is 10.2. The zero-order valence-corrected chi connectivity index (χ0v) is 17.9. The first kappa shape index (κ1) is 21.4. The number of cyclic esters (lactones) is 1. The average molecular weight is 438 g/mol. The Balaban J connectivity index is 1.43. The van der Waals surface area contributed by atoms with E-state index in [0.717, 1.165) is 5.69 Å². The summed E-state index contributed by atoms with van der Waals surface area (Å²) in [6.45, 7) is 6.24. The van der Waals surface area contributed by atoms with E-state index in [1.165, 1.54) is 23.4 Å². The van der Waals surface area contributed by atoms with Crippen molar-refractivity contribution in [3.05, 3.63) is 60.4 Å². The van der Waals surface area contributed by atoms with Gasteiger partial charge in [0.05, 0.1) is 24.0 Å². The molecule has 0 saturated carbocycles. The molecule has 0 spiro atoms. The molecule has 1 saturated heterocycles. The first-order chi connectivity index (χ1) is 15.4. The molecule has 3 heterocycles. The fourth-order valence-electron chi connectivity index (χ4n) is 3.24. The number of amides is 1. The molecule has 0 bridgehead atoms. The maximum atomic E-state index is 13.0. The van der Waals surface area contributed by atoms with Gasteiger partial charge in [0.2, 0.25) is 11.9 Å². The molecule has 4 rings (SSSR count). The molecule has 10 heteroatoms. The lowest BCUT2D eigenvalue weighted by molar-refractivity contribution is 0.177. The third-order valence-corrected chi connectivity index (χ3v) is 5.05. The van der Waals surface area contributed by atoms with Gasteiger partial charge in [-0.2, -0.15) is 4.98 Å². The molecule has 3 aromatic rings. The van der Waals surface area contributed by atoms with E-state index in [2.05, 4.69) is 25.3 Å². The molecule has 1 aliphatic heterocycles. The van der Waals surface area contributed by atoms with Crippen LogP contribution in [0.1, 0.15) is 32.5 Å². The highest BCUT2D eigenvalue weighted by atomic mass is 19.1. The lowest BCUT2D eigenvalue weighted by Crippen LogP contribution is -2.38. The van der Waals surface area contributed by atoms with Gasteiger partial charge in [0, 0.05) is 0 Å². The summed E-state index contributed by atoms with van der Waals surface area (Å²) in [6.07, 6.45) is 2.48. The Hall–Kier alpha value is -3.82. The predicted octanol–water partition coefficient (Wildman–Crippen LogP) is 4.35. The van der Waals surface area contributed by atoms with E-state index in [4.69, 9.17) is 9.47 Å². The smallest absolute Gasteiger partial charge is 0.417 e. The zero-order chi connectivity index (χ0) is 22.7. The predicted molar refractivity (Wildman–Crippen MR) is 115 cm³/mol. The van der Waals surface area contributed by atoms with Crippen molar-refractivity contribution in [3.63, 3.8) is 0 Å². The molecule has 1 N–H and O–H groups in total. The Morgan fingerprint density at radius 2 is 1.84 bits per heavy atom. The van der Waals surface area contributed by atoms with Crippen LogP contribution in [0, 0.1) is 11.7 Å². The van der Waals surface area contributed by atoms with Crippen LogP contribution in [-0.4, -0.2) is 38.7 Å². The van der Waals surface area contributed by atoms with Crippen molar-refractivity contribution in [3.8, 4) is 11.5 Å². The van der Waals surface area contributed by atoms with Crippen LogP contribution >= 0.6 is 0 Å². The highest BCUT2D eigenvalue weighted by Crippen LogP contribution is 2.26. The molecule has 0 aliphatic carbocycles. The van der Waals surface area contributed by atoms with Crippen molar-refractivity contribution in [2.45, 2.75) is 32.9 Å². The molecule has 2 atom stereocenters. The van der Waals surface area contributed by atoms with Crippen LogP contribution in [0.5, 0.6) is 11.5 Å². The number of nitrogens with zero attached hydrogens (tertiary/aromatic N) is 5. The third-order valence-electron chi connectivity index (χ3n) is 5.05. The third kappa shape index (κ3) is 4.74. The number of hydrogen-bond donors (Lipinski definition) is 1. The van der Waals surface area contributed by atoms with Crippen LogP contribution in [0.3, 0.4) is 0 Å². The van der Waals surface area contributed by atoms with Gasteiger partial charge >= 0.3 is 6.09 Å². The summed E-state index contributed by atoms with van der Waals surface area (Å²) in [6, 6.07) is 8.98. The normalized spacial score (nSPS) is 16.7. The number of halogens is 1. The van der Waals surface area contributed by atoms with E-state index < -0.39 is 6.09 Å². The number of anilines is 2. The zero-order valence-electron chi connectivity index (χ0n) is 17.9. The summed E-state index contributed by atoms with van der Waals surface area (Å²) < 4.78 is 23.9. The van der Waals surface area contributed by atoms with E-state index >= 15 is 0 Å². The van der Waals surface area contributed by atoms with Crippen LogP contribution < -0.4 is 15.0 Å². The van der Waals surface area contributed by atoms with E-state index in [9.17, 15) is 9.18 Å². The van der Waals surface area contributed by atoms with Crippen LogP contribution in [0.15, 0.2) is 48.9 Å². The van der Waals surface area contributed by atoms with E-state index in [1.807, 2.05) is 26.8 Å². The Bertz CT molecular complexity index is 1080. The van der Waals surface area contributed by atoms with Crippen molar-refractivity contribution in [2.75, 3.05) is 16.8 Å². The highest BCUT2D eigenvalue weighted by molar-refractivity contribution is 5.88. The molecule has 1 aromatic carbocycles. The monoisotopic (exact) mass is 438 g/mol. The van der Waals surface area contributed by atoms with Crippen molar-refractivity contribution >= 4 is 18.0 Å². The number of nitrogens with one attached hydrogen (secondary N) is 1. The topological polar surface area (TPSA) is 102 Å². The minimum absolute atomic E-state index is 0.134. The summed E-state index contributed by atoms with van der Waals surface area (Å²) in [5, 5.41) is 3.17. The largest absolute Gasteiger partial charge is 0.456 e. The van der Waals surface area contributed by atoms with Crippen molar-refractivity contribution in [1.29, 1.82) is 0 Å². The second-order valence-corrected chi connectivity index (χ2v) is 7.71. The molecule has 1 unspecified atom stereocenters. The van der Waals surface area contributed by atoms with Gasteiger partial charge in [-0.15, -0.1) is 0 Å². The summed E-state index contributed by atoms with van der Waals surface area (Å²) in [7, 11) is 0. The lowest BCUT2D eigenvalue weighted by Gasteiger charge is -2.22.